The molecular formula is C10H15N3O2. The van der Waals surface area contributed by atoms with E-state index in [0.29, 0.717) is 0 Å². The number of hydrogen-bond acceptors (Lipinski definition) is 4. The van der Waals surface area contributed by atoms with E-state index < -0.39 is 4.92 Å². The van der Waals surface area contributed by atoms with Gasteiger partial charge in [0.1, 0.15) is 0 Å². The van der Waals surface area contributed by atoms with Crippen molar-refractivity contribution in [3.05, 3.63) is 34.4 Å². The van der Waals surface area contributed by atoms with Crippen LogP contribution in [0.3, 0.4) is 0 Å². The number of anilines is 1. The molecule has 0 saturated carbocycles. The smallest absolute Gasteiger partial charge is 0.269 e. The quantitative estimate of drug-likeness (QED) is 0.585. The van der Waals surface area contributed by atoms with Gasteiger partial charge in [-0.25, -0.2) is 0 Å². The Hall–Kier alpha value is -1.62. The highest BCUT2D eigenvalue weighted by Crippen LogP contribution is 2.17. The van der Waals surface area contributed by atoms with Gasteiger partial charge in [0.05, 0.1) is 4.92 Å². The van der Waals surface area contributed by atoms with Crippen LogP contribution in [0.25, 0.3) is 0 Å². The first-order chi connectivity index (χ1) is 7.15. The van der Waals surface area contributed by atoms with Gasteiger partial charge in [-0.15, -0.1) is 0 Å². The largest absolute Gasteiger partial charge is 0.373 e. The summed E-state index contributed by atoms with van der Waals surface area (Å²) in [6, 6.07) is 6.55. The number of hydrogen-bond donors (Lipinski definition) is 1. The third-order valence-electron chi connectivity index (χ3n) is 2.20. The first-order valence-electron chi connectivity index (χ1n) is 4.75. The lowest BCUT2D eigenvalue weighted by molar-refractivity contribution is -0.384. The maximum atomic E-state index is 10.4. The van der Waals surface area contributed by atoms with E-state index in [1.54, 1.807) is 12.1 Å². The summed E-state index contributed by atoms with van der Waals surface area (Å²) >= 11 is 0. The van der Waals surface area contributed by atoms with E-state index in [2.05, 4.69) is 5.32 Å². The maximum Gasteiger partial charge on any atom is 0.269 e. The van der Waals surface area contributed by atoms with Gasteiger partial charge in [0, 0.05) is 38.0 Å². The van der Waals surface area contributed by atoms with Crippen LogP contribution in [0.1, 0.15) is 0 Å². The molecule has 0 aliphatic rings. The second-order valence-corrected chi connectivity index (χ2v) is 3.30. The molecule has 0 atom stereocenters. The van der Waals surface area contributed by atoms with Crippen LogP contribution in [0.5, 0.6) is 0 Å². The van der Waals surface area contributed by atoms with Gasteiger partial charge in [-0.3, -0.25) is 10.1 Å². The summed E-state index contributed by atoms with van der Waals surface area (Å²) in [5.41, 5.74) is 1.11. The minimum atomic E-state index is -0.391. The summed E-state index contributed by atoms with van der Waals surface area (Å²) in [5, 5.41) is 13.5. The highest BCUT2D eigenvalue weighted by molar-refractivity contribution is 5.50. The molecule has 15 heavy (non-hydrogen) atoms. The Morgan fingerprint density at radius 1 is 1.40 bits per heavy atom. The average molecular weight is 209 g/mol. The zero-order valence-corrected chi connectivity index (χ0v) is 8.93. The highest BCUT2D eigenvalue weighted by Gasteiger charge is 2.05. The van der Waals surface area contributed by atoms with E-state index in [9.17, 15) is 10.1 Å². The van der Waals surface area contributed by atoms with Crippen molar-refractivity contribution in [1.29, 1.82) is 0 Å². The fourth-order valence-electron chi connectivity index (χ4n) is 1.24. The lowest BCUT2D eigenvalue weighted by atomic mass is 10.2. The molecule has 5 heteroatoms. The number of likely N-dealkylation sites (N-methyl/N-ethyl adjacent to an activating group) is 2. The Labute approximate surface area is 88.9 Å². The van der Waals surface area contributed by atoms with Gasteiger partial charge in [0.15, 0.2) is 0 Å². The van der Waals surface area contributed by atoms with Crippen LogP contribution in [0.4, 0.5) is 11.4 Å². The van der Waals surface area contributed by atoms with E-state index in [4.69, 9.17) is 0 Å². The third kappa shape index (κ3) is 3.21. The van der Waals surface area contributed by atoms with Gasteiger partial charge in [-0.05, 0) is 19.2 Å². The van der Waals surface area contributed by atoms with Gasteiger partial charge < -0.3 is 10.2 Å². The van der Waals surface area contributed by atoms with Crippen molar-refractivity contribution in [2.75, 3.05) is 32.1 Å². The zero-order valence-electron chi connectivity index (χ0n) is 8.93. The van der Waals surface area contributed by atoms with E-state index in [1.807, 2.05) is 19.0 Å². The van der Waals surface area contributed by atoms with Gasteiger partial charge in [-0.1, -0.05) is 0 Å². The van der Waals surface area contributed by atoms with Gasteiger partial charge in [-0.2, -0.15) is 0 Å². The molecule has 1 rings (SSSR count). The first-order valence-corrected chi connectivity index (χ1v) is 4.75. The van der Waals surface area contributed by atoms with E-state index in [0.717, 1.165) is 18.8 Å². The minimum absolute atomic E-state index is 0.126. The van der Waals surface area contributed by atoms with Crippen molar-refractivity contribution in [3.8, 4) is 0 Å². The standard InChI is InChI=1S/C10H15N3O2/c1-11-7-8-12(2)9-3-5-10(6-4-9)13(14)15/h3-6,11H,7-8H2,1-2H3. The molecule has 1 aromatic carbocycles. The number of benzene rings is 1. The van der Waals surface area contributed by atoms with Crippen molar-refractivity contribution < 1.29 is 4.92 Å². The summed E-state index contributed by atoms with van der Waals surface area (Å²) in [4.78, 5) is 12.1. The Morgan fingerprint density at radius 3 is 2.47 bits per heavy atom. The van der Waals surface area contributed by atoms with Crippen LogP contribution in [-0.4, -0.2) is 32.1 Å². The summed E-state index contributed by atoms with van der Waals surface area (Å²) in [7, 11) is 3.85. The van der Waals surface area contributed by atoms with Crippen LogP contribution in [0.15, 0.2) is 24.3 Å². The van der Waals surface area contributed by atoms with Gasteiger partial charge in [0.2, 0.25) is 0 Å². The van der Waals surface area contributed by atoms with E-state index in [-0.39, 0.29) is 5.69 Å². The second kappa shape index (κ2) is 5.31. The molecule has 0 amide bonds. The lowest BCUT2D eigenvalue weighted by Crippen LogP contribution is -2.26. The minimum Gasteiger partial charge on any atom is -0.373 e. The molecule has 0 aliphatic carbocycles. The zero-order chi connectivity index (χ0) is 11.3. The van der Waals surface area contributed by atoms with Crippen molar-refractivity contribution in [2.24, 2.45) is 0 Å². The van der Waals surface area contributed by atoms with Crippen LogP contribution >= 0.6 is 0 Å². The Morgan fingerprint density at radius 2 is 2.00 bits per heavy atom. The molecule has 0 heterocycles. The Kier molecular flexibility index (Phi) is 4.05. The number of nitro benzene ring substituents is 1. The molecule has 1 aromatic rings. The molecule has 1 N–H and O–H groups in total. The molecule has 0 aromatic heterocycles. The van der Waals surface area contributed by atoms with Crippen LogP contribution in [-0.2, 0) is 0 Å². The predicted molar refractivity (Wildman–Crippen MR) is 60.3 cm³/mol. The first kappa shape index (κ1) is 11.5. The number of nitrogens with one attached hydrogen (secondary N) is 1. The summed E-state index contributed by atoms with van der Waals surface area (Å²) < 4.78 is 0. The molecule has 0 saturated heterocycles. The lowest BCUT2D eigenvalue weighted by Gasteiger charge is -2.18. The molecule has 0 bridgehead atoms. The van der Waals surface area contributed by atoms with Gasteiger partial charge in [0.25, 0.3) is 5.69 Å². The number of non-ortho nitro benzene ring substituents is 1. The SMILES string of the molecule is CNCCN(C)c1ccc([N+](=O)[O-])cc1. The fraction of sp³-hybridized carbons (Fsp3) is 0.400. The van der Waals surface area contributed by atoms with E-state index in [1.165, 1.54) is 12.1 Å². The Bertz CT molecular complexity index is 324. The van der Waals surface area contributed by atoms with Crippen LogP contribution < -0.4 is 10.2 Å². The summed E-state index contributed by atoms with van der Waals surface area (Å²) in [6.45, 7) is 1.75. The molecule has 0 unspecified atom stereocenters. The molecular weight excluding hydrogens is 194 g/mol. The number of rotatable bonds is 5. The third-order valence-corrected chi connectivity index (χ3v) is 2.20. The number of nitro groups is 1. The van der Waals surface area contributed by atoms with Crippen LogP contribution in [0, 0.1) is 10.1 Å². The van der Waals surface area contributed by atoms with Gasteiger partial charge >= 0.3 is 0 Å². The normalized spacial score (nSPS) is 10.0. The van der Waals surface area contributed by atoms with E-state index >= 15 is 0 Å². The van der Waals surface area contributed by atoms with Crippen molar-refractivity contribution in [1.82, 2.24) is 5.32 Å². The second-order valence-electron chi connectivity index (χ2n) is 3.30. The summed E-state index contributed by atoms with van der Waals surface area (Å²) in [5.74, 6) is 0. The molecule has 0 aliphatic heterocycles. The van der Waals surface area contributed by atoms with Crippen molar-refractivity contribution in [2.45, 2.75) is 0 Å². The van der Waals surface area contributed by atoms with Crippen molar-refractivity contribution >= 4 is 11.4 Å². The Balaban J connectivity index is 2.66. The summed E-state index contributed by atoms with van der Waals surface area (Å²) in [6.07, 6.45) is 0. The predicted octanol–water partition coefficient (Wildman–Crippen LogP) is 1.25. The molecule has 0 fully saturated rings. The maximum absolute atomic E-state index is 10.4. The monoisotopic (exact) mass is 209 g/mol. The molecule has 0 spiro atoms. The molecule has 0 radical (unpaired) electrons. The molecule has 5 nitrogen and oxygen atoms in total. The topological polar surface area (TPSA) is 58.4 Å². The van der Waals surface area contributed by atoms with Crippen LogP contribution in [0.2, 0.25) is 0 Å². The average Bonchev–Trinajstić information content (AvgIpc) is 2.26. The number of nitrogens with zero attached hydrogens (tertiary/aromatic N) is 2. The highest BCUT2D eigenvalue weighted by atomic mass is 16.6. The fourth-order valence-corrected chi connectivity index (χ4v) is 1.24. The van der Waals surface area contributed by atoms with Crippen molar-refractivity contribution in [3.63, 3.8) is 0 Å². The molecule has 82 valence electrons.